The Labute approximate surface area is 121 Å². The van der Waals surface area contributed by atoms with Gasteiger partial charge in [0.15, 0.2) is 0 Å². The van der Waals surface area contributed by atoms with Crippen LogP contribution in [0, 0.1) is 0 Å². The first-order valence-electron chi connectivity index (χ1n) is 5.67. The summed E-state index contributed by atoms with van der Waals surface area (Å²) >= 11 is 0.468. The van der Waals surface area contributed by atoms with E-state index in [1.807, 2.05) is 6.92 Å². The van der Waals surface area contributed by atoms with Crippen molar-refractivity contribution < 1.29 is 13.6 Å². The van der Waals surface area contributed by atoms with Gasteiger partial charge in [0.25, 0.3) is 11.7 Å². The minimum Gasteiger partial charge on any atom is -0.351 e. The van der Waals surface area contributed by atoms with Gasteiger partial charge in [-0.25, -0.2) is 0 Å². The number of rotatable bonds is 7. The molecule has 0 atom stereocenters. The third-order valence-electron chi connectivity index (χ3n) is 2.18. The molecule has 1 aromatic carbocycles. The third kappa shape index (κ3) is 7.34. The minimum absolute atomic E-state index is 0. The number of alkyl halides is 2. The molecular weight excluding hydrogens is 294 g/mol. The third-order valence-corrected chi connectivity index (χ3v) is 2.90. The van der Waals surface area contributed by atoms with E-state index in [-0.39, 0.29) is 18.3 Å². The van der Waals surface area contributed by atoms with Gasteiger partial charge in [-0.1, -0.05) is 18.7 Å². The topological polar surface area (TPSA) is 41.1 Å². The SMILES string of the molecule is CCNCCNC(=O)c1ccc(SC(F)F)cc1.Cl. The zero-order valence-electron chi connectivity index (χ0n) is 10.5. The number of hydrogen-bond donors (Lipinski definition) is 2. The molecule has 1 rings (SSSR count). The summed E-state index contributed by atoms with van der Waals surface area (Å²) in [4.78, 5) is 12.1. The smallest absolute Gasteiger partial charge is 0.288 e. The van der Waals surface area contributed by atoms with Gasteiger partial charge in [-0.3, -0.25) is 4.79 Å². The van der Waals surface area contributed by atoms with Crippen molar-refractivity contribution in [1.82, 2.24) is 10.6 Å². The summed E-state index contributed by atoms with van der Waals surface area (Å²) in [5.74, 6) is -2.63. The van der Waals surface area contributed by atoms with Crippen LogP contribution in [-0.4, -0.2) is 31.3 Å². The predicted octanol–water partition coefficient (Wildman–Crippen LogP) is 2.76. The second-order valence-electron chi connectivity index (χ2n) is 3.51. The summed E-state index contributed by atoms with van der Waals surface area (Å²) in [6.45, 7) is 4.10. The van der Waals surface area contributed by atoms with Crippen molar-refractivity contribution in [3.05, 3.63) is 29.8 Å². The Morgan fingerprint density at radius 2 is 1.89 bits per heavy atom. The molecule has 0 spiro atoms. The number of amides is 1. The molecule has 0 saturated carbocycles. The molecular formula is C12H17ClF2N2OS. The summed E-state index contributed by atoms with van der Waals surface area (Å²) in [7, 11) is 0. The van der Waals surface area contributed by atoms with Gasteiger partial charge in [0, 0.05) is 23.5 Å². The average molecular weight is 311 g/mol. The van der Waals surface area contributed by atoms with E-state index < -0.39 is 5.76 Å². The van der Waals surface area contributed by atoms with Crippen LogP contribution < -0.4 is 10.6 Å². The molecule has 0 aromatic heterocycles. The quantitative estimate of drug-likeness (QED) is 0.601. The summed E-state index contributed by atoms with van der Waals surface area (Å²) < 4.78 is 24.2. The molecule has 0 aliphatic heterocycles. The van der Waals surface area contributed by atoms with Crippen LogP contribution in [0.4, 0.5) is 8.78 Å². The first-order chi connectivity index (χ1) is 8.63. The van der Waals surface area contributed by atoms with Gasteiger partial charge in [-0.05, 0) is 30.8 Å². The predicted molar refractivity (Wildman–Crippen MR) is 76.4 cm³/mol. The Hall–Kier alpha value is -0.850. The Balaban J connectivity index is 0.00000324. The Morgan fingerprint density at radius 3 is 2.42 bits per heavy atom. The molecule has 0 aliphatic carbocycles. The number of benzene rings is 1. The van der Waals surface area contributed by atoms with Gasteiger partial charge in [-0.15, -0.1) is 12.4 Å². The molecule has 1 amide bonds. The number of thioether (sulfide) groups is 1. The molecule has 3 nitrogen and oxygen atoms in total. The maximum absolute atomic E-state index is 12.1. The summed E-state index contributed by atoms with van der Waals surface area (Å²) in [6.07, 6.45) is 0. The van der Waals surface area contributed by atoms with Gasteiger partial charge in [-0.2, -0.15) is 8.78 Å². The van der Waals surface area contributed by atoms with Gasteiger partial charge in [0.05, 0.1) is 0 Å². The Bertz CT molecular complexity index is 376. The number of likely N-dealkylation sites (N-methyl/N-ethyl adjacent to an activating group) is 1. The minimum atomic E-state index is -2.44. The second kappa shape index (κ2) is 10.00. The number of nitrogens with one attached hydrogen (secondary N) is 2. The molecule has 0 aliphatic rings. The maximum Gasteiger partial charge on any atom is 0.288 e. The fraction of sp³-hybridized carbons (Fsp3) is 0.417. The number of carbonyl (C=O) groups is 1. The molecule has 0 radical (unpaired) electrons. The highest BCUT2D eigenvalue weighted by Gasteiger charge is 2.07. The number of halogens is 3. The van der Waals surface area contributed by atoms with Crippen molar-refractivity contribution in [3.63, 3.8) is 0 Å². The van der Waals surface area contributed by atoms with Crippen LogP contribution in [0.1, 0.15) is 17.3 Å². The molecule has 1 aromatic rings. The normalized spacial score (nSPS) is 10.1. The van der Waals surface area contributed by atoms with E-state index in [1.54, 1.807) is 12.1 Å². The molecule has 7 heteroatoms. The average Bonchev–Trinajstić information content (AvgIpc) is 2.34. The molecule has 0 fully saturated rings. The molecule has 0 heterocycles. The van der Waals surface area contributed by atoms with E-state index >= 15 is 0 Å². The summed E-state index contributed by atoms with van der Waals surface area (Å²) in [6, 6.07) is 6.15. The first kappa shape index (κ1) is 18.1. The standard InChI is InChI=1S/C12H16F2N2OS.ClH/c1-2-15-7-8-16-11(17)9-3-5-10(6-4-9)18-12(13)14;/h3-6,12,15H,2,7-8H2,1H3,(H,16,17);1H. The van der Waals surface area contributed by atoms with E-state index in [0.29, 0.717) is 35.3 Å². The van der Waals surface area contributed by atoms with Gasteiger partial charge in [0.1, 0.15) is 0 Å². The maximum atomic E-state index is 12.1. The van der Waals surface area contributed by atoms with Gasteiger partial charge in [0.2, 0.25) is 0 Å². The van der Waals surface area contributed by atoms with Crippen molar-refractivity contribution in [1.29, 1.82) is 0 Å². The molecule has 0 unspecified atom stereocenters. The lowest BCUT2D eigenvalue weighted by Gasteiger charge is -2.06. The van der Waals surface area contributed by atoms with Crippen molar-refractivity contribution in [3.8, 4) is 0 Å². The van der Waals surface area contributed by atoms with Gasteiger partial charge < -0.3 is 10.6 Å². The molecule has 2 N–H and O–H groups in total. The fourth-order valence-electron chi connectivity index (χ4n) is 1.33. The van der Waals surface area contributed by atoms with Crippen LogP contribution in [-0.2, 0) is 0 Å². The van der Waals surface area contributed by atoms with E-state index in [0.717, 1.165) is 6.54 Å². The molecule has 108 valence electrons. The lowest BCUT2D eigenvalue weighted by Crippen LogP contribution is -2.31. The van der Waals surface area contributed by atoms with Crippen molar-refractivity contribution >= 4 is 30.1 Å². The van der Waals surface area contributed by atoms with E-state index in [4.69, 9.17) is 0 Å². The van der Waals surface area contributed by atoms with Crippen LogP contribution in [0.15, 0.2) is 29.2 Å². The highest BCUT2D eigenvalue weighted by atomic mass is 35.5. The zero-order valence-corrected chi connectivity index (χ0v) is 12.1. The molecule has 0 bridgehead atoms. The van der Waals surface area contributed by atoms with Crippen molar-refractivity contribution in [2.24, 2.45) is 0 Å². The Kier molecular flexibility index (Phi) is 9.55. The summed E-state index contributed by atoms with van der Waals surface area (Å²) in [5, 5.41) is 5.82. The Morgan fingerprint density at radius 1 is 1.26 bits per heavy atom. The van der Waals surface area contributed by atoms with Crippen LogP contribution in [0.5, 0.6) is 0 Å². The van der Waals surface area contributed by atoms with Crippen LogP contribution in [0.25, 0.3) is 0 Å². The largest absolute Gasteiger partial charge is 0.351 e. The lowest BCUT2D eigenvalue weighted by molar-refractivity contribution is 0.0954. The molecule has 0 saturated heterocycles. The lowest BCUT2D eigenvalue weighted by atomic mass is 10.2. The highest BCUT2D eigenvalue weighted by Crippen LogP contribution is 2.24. The second-order valence-corrected chi connectivity index (χ2v) is 4.58. The van der Waals surface area contributed by atoms with Gasteiger partial charge >= 0.3 is 0 Å². The first-order valence-corrected chi connectivity index (χ1v) is 6.55. The monoisotopic (exact) mass is 310 g/mol. The van der Waals surface area contributed by atoms with Crippen LogP contribution in [0.3, 0.4) is 0 Å². The summed E-state index contributed by atoms with van der Waals surface area (Å²) in [5.41, 5.74) is 0.477. The van der Waals surface area contributed by atoms with Crippen LogP contribution >= 0.6 is 24.2 Å². The van der Waals surface area contributed by atoms with E-state index in [9.17, 15) is 13.6 Å². The van der Waals surface area contributed by atoms with Crippen molar-refractivity contribution in [2.75, 3.05) is 19.6 Å². The van der Waals surface area contributed by atoms with Crippen LogP contribution in [0.2, 0.25) is 0 Å². The number of carbonyl (C=O) groups excluding carboxylic acids is 1. The van der Waals surface area contributed by atoms with E-state index in [2.05, 4.69) is 10.6 Å². The molecule has 19 heavy (non-hydrogen) atoms. The van der Waals surface area contributed by atoms with Crippen molar-refractivity contribution in [2.45, 2.75) is 17.6 Å². The fourth-order valence-corrected chi connectivity index (χ4v) is 1.83. The van der Waals surface area contributed by atoms with E-state index in [1.165, 1.54) is 12.1 Å². The zero-order chi connectivity index (χ0) is 13.4. The highest BCUT2D eigenvalue weighted by molar-refractivity contribution is 7.99. The number of hydrogen-bond acceptors (Lipinski definition) is 3.